The number of aromatic nitrogens is 2. The fourth-order valence-electron chi connectivity index (χ4n) is 1.18. The van der Waals surface area contributed by atoms with Gasteiger partial charge in [-0.1, -0.05) is 6.07 Å². The van der Waals surface area contributed by atoms with E-state index in [1.807, 2.05) is 24.3 Å². The fourth-order valence-corrected chi connectivity index (χ4v) is 1.52. The number of nitrogens with zero attached hydrogens (tertiary/aromatic N) is 2. The van der Waals surface area contributed by atoms with Gasteiger partial charge in [-0.25, -0.2) is 4.98 Å². The Morgan fingerprint density at radius 2 is 2.07 bits per heavy atom. The van der Waals surface area contributed by atoms with Gasteiger partial charge in [0.1, 0.15) is 4.60 Å². The van der Waals surface area contributed by atoms with Crippen molar-refractivity contribution in [3.63, 3.8) is 0 Å². The zero-order valence-electron chi connectivity index (χ0n) is 7.31. The van der Waals surface area contributed by atoms with Gasteiger partial charge in [-0.15, -0.1) is 0 Å². The molecule has 0 saturated heterocycles. The lowest BCUT2D eigenvalue weighted by Crippen LogP contribution is -1.93. The van der Waals surface area contributed by atoms with E-state index in [0.29, 0.717) is 5.69 Å². The third kappa shape index (κ3) is 1.75. The van der Waals surface area contributed by atoms with Gasteiger partial charge >= 0.3 is 0 Å². The van der Waals surface area contributed by atoms with Crippen molar-refractivity contribution in [1.82, 2.24) is 9.97 Å². The van der Waals surface area contributed by atoms with Crippen molar-refractivity contribution >= 4 is 21.6 Å². The van der Waals surface area contributed by atoms with E-state index in [1.54, 1.807) is 12.4 Å². The van der Waals surface area contributed by atoms with Crippen LogP contribution in [0, 0.1) is 0 Å². The Labute approximate surface area is 90.1 Å². The molecule has 0 unspecified atom stereocenters. The maximum atomic E-state index is 5.80. The van der Waals surface area contributed by atoms with Gasteiger partial charge in [0.05, 0.1) is 17.6 Å². The molecule has 0 aliphatic heterocycles. The highest BCUT2D eigenvalue weighted by Crippen LogP contribution is 2.25. The van der Waals surface area contributed by atoms with Gasteiger partial charge in [0.15, 0.2) is 0 Å². The van der Waals surface area contributed by atoms with Crippen LogP contribution in [0.1, 0.15) is 0 Å². The molecule has 2 aromatic rings. The zero-order chi connectivity index (χ0) is 9.97. The molecule has 0 atom stereocenters. The first kappa shape index (κ1) is 9.15. The normalized spacial score (nSPS) is 10.1. The summed E-state index contributed by atoms with van der Waals surface area (Å²) < 4.78 is 0.757. The van der Waals surface area contributed by atoms with Crippen molar-refractivity contribution in [2.75, 3.05) is 5.73 Å². The van der Waals surface area contributed by atoms with Crippen LogP contribution in [0.2, 0.25) is 0 Å². The van der Waals surface area contributed by atoms with Crippen LogP contribution in [0.15, 0.2) is 41.3 Å². The molecule has 2 heterocycles. The van der Waals surface area contributed by atoms with Crippen LogP contribution in [-0.2, 0) is 0 Å². The minimum absolute atomic E-state index is 0.631. The molecule has 0 aromatic carbocycles. The lowest BCUT2D eigenvalue weighted by Gasteiger charge is -2.04. The molecule has 0 saturated carbocycles. The summed E-state index contributed by atoms with van der Waals surface area (Å²) in [4.78, 5) is 8.25. The lowest BCUT2D eigenvalue weighted by atomic mass is 10.1. The Morgan fingerprint density at radius 3 is 2.79 bits per heavy atom. The molecule has 0 spiro atoms. The molecule has 2 aromatic heterocycles. The number of nitrogens with two attached hydrogens (primary N) is 1. The van der Waals surface area contributed by atoms with Gasteiger partial charge < -0.3 is 5.73 Å². The second-order valence-electron chi connectivity index (χ2n) is 2.81. The number of halogens is 1. The van der Waals surface area contributed by atoms with Crippen LogP contribution >= 0.6 is 15.9 Å². The van der Waals surface area contributed by atoms with Crippen molar-refractivity contribution in [2.24, 2.45) is 0 Å². The van der Waals surface area contributed by atoms with E-state index in [0.717, 1.165) is 15.9 Å². The van der Waals surface area contributed by atoms with E-state index in [1.165, 1.54) is 0 Å². The highest BCUT2D eigenvalue weighted by Gasteiger charge is 2.04. The molecule has 14 heavy (non-hydrogen) atoms. The molecular weight excluding hydrogens is 242 g/mol. The average molecular weight is 250 g/mol. The summed E-state index contributed by atoms with van der Waals surface area (Å²) in [6.07, 6.45) is 3.36. The summed E-state index contributed by atoms with van der Waals surface area (Å²) in [6, 6.07) is 7.57. The van der Waals surface area contributed by atoms with E-state index in [2.05, 4.69) is 25.9 Å². The van der Waals surface area contributed by atoms with Crippen molar-refractivity contribution in [3.8, 4) is 11.3 Å². The van der Waals surface area contributed by atoms with E-state index in [4.69, 9.17) is 5.73 Å². The van der Waals surface area contributed by atoms with Crippen molar-refractivity contribution in [2.45, 2.75) is 0 Å². The maximum Gasteiger partial charge on any atom is 0.106 e. The molecule has 4 heteroatoms. The van der Waals surface area contributed by atoms with Crippen molar-refractivity contribution in [3.05, 3.63) is 41.3 Å². The Morgan fingerprint density at radius 1 is 1.21 bits per heavy atom. The molecule has 2 N–H and O–H groups in total. The van der Waals surface area contributed by atoms with E-state index in [-0.39, 0.29) is 0 Å². The van der Waals surface area contributed by atoms with E-state index < -0.39 is 0 Å². The van der Waals surface area contributed by atoms with Gasteiger partial charge in [-0.2, -0.15) is 0 Å². The summed E-state index contributed by atoms with van der Waals surface area (Å²) in [5, 5.41) is 0. The second kappa shape index (κ2) is 3.75. The molecular formula is C10H8BrN3. The highest BCUT2D eigenvalue weighted by molar-refractivity contribution is 9.10. The van der Waals surface area contributed by atoms with Crippen molar-refractivity contribution < 1.29 is 0 Å². The number of hydrogen-bond donors (Lipinski definition) is 1. The first-order valence-electron chi connectivity index (χ1n) is 4.10. The third-order valence-electron chi connectivity index (χ3n) is 1.84. The Balaban J connectivity index is 2.57. The first-order valence-corrected chi connectivity index (χ1v) is 4.89. The summed E-state index contributed by atoms with van der Waals surface area (Å²) in [5.74, 6) is 0. The Bertz CT molecular complexity index is 442. The smallest absolute Gasteiger partial charge is 0.106 e. The zero-order valence-corrected chi connectivity index (χ0v) is 8.90. The second-order valence-corrected chi connectivity index (χ2v) is 3.62. The van der Waals surface area contributed by atoms with E-state index >= 15 is 0 Å². The van der Waals surface area contributed by atoms with Gasteiger partial charge in [0.25, 0.3) is 0 Å². The molecule has 70 valence electrons. The molecule has 2 rings (SSSR count). The number of anilines is 1. The molecule has 0 amide bonds. The molecule has 0 aliphatic carbocycles. The van der Waals surface area contributed by atoms with Gasteiger partial charge in [0, 0.05) is 11.8 Å². The Hall–Kier alpha value is -1.42. The number of pyridine rings is 2. The van der Waals surface area contributed by atoms with E-state index in [9.17, 15) is 0 Å². The predicted molar refractivity (Wildman–Crippen MR) is 59.6 cm³/mol. The van der Waals surface area contributed by atoms with Gasteiger partial charge in [0.2, 0.25) is 0 Å². The topological polar surface area (TPSA) is 51.8 Å². The summed E-state index contributed by atoms with van der Waals surface area (Å²) in [5.41, 5.74) is 8.18. The lowest BCUT2D eigenvalue weighted by molar-refractivity contribution is 1.26. The highest BCUT2D eigenvalue weighted by atomic mass is 79.9. The van der Waals surface area contributed by atoms with Gasteiger partial charge in [-0.05, 0) is 34.1 Å². The first-order chi connectivity index (χ1) is 6.77. The van der Waals surface area contributed by atoms with Gasteiger partial charge in [-0.3, -0.25) is 4.98 Å². The average Bonchev–Trinajstić information content (AvgIpc) is 2.23. The minimum atomic E-state index is 0.631. The third-order valence-corrected chi connectivity index (χ3v) is 2.28. The summed E-state index contributed by atoms with van der Waals surface area (Å²) in [7, 11) is 0. The maximum absolute atomic E-state index is 5.80. The van der Waals surface area contributed by atoms with Crippen molar-refractivity contribution in [1.29, 1.82) is 0 Å². The predicted octanol–water partition coefficient (Wildman–Crippen LogP) is 2.49. The van der Waals surface area contributed by atoms with Crippen LogP contribution in [0.25, 0.3) is 11.3 Å². The van der Waals surface area contributed by atoms with Crippen LogP contribution < -0.4 is 5.73 Å². The molecule has 0 aliphatic rings. The van der Waals surface area contributed by atoms with Crippen LogP contribution in [0.3, 0.4) is 0 Å². The summed E-state index contributed by atoms with van der Waals surface area (Å²) >= 11 is 3.30. The molecule has 0 radical (unpaired) electrons. The standard InChI is InChI=1S/C10H8BrN3/c11-10-5-7(8(12)6-14-10)9-3-1-2-4-13-9/h1-6H,12H2. The SMILES string of the molecule is Nc1cnc(Br)cc1-c1ccccn1. The number of rotatable bonds is 1. The fraction of sp³-hybridized carbons (Fsp3) is 0. The minimum Gasteiger partial charge on any atom is -0.397 e. The molecule has 0 fully saturated rings. The number of hydrogen-bond acceptors (Lipinski definition) is 3. The Kier molecular flexibility index (Phi) is 2.45. The van der Waals surface area contributed by atoms with Crippen LogP contribution in [-0.4, -0.2) is 9.97 Å². The molecule has 0 bridgehead atoms. The summed E-state index contributed by atoms with van der Waals surface area (Å²) in [6.45, 7) is 0. The van der Waals surface area contributed by atoms with Crippen LogP contribution in [0.5, 0.6) is 0 Å². The quantitative estimate of drug-likeness (QED) is 0.791. The largest absolute Gasteiger partial charge is 0.397 e. The monoisotopic (exact) mass is 249 g/mol. The number of nitrogen functional groups attached to an aromatic ring is 1. The molecule has 3 nitrogen and oxygen atoms in total. The van der Waals surface area contributed by atoms with Crippen LogP contribution in [0.4, 0.5) is 5.69 Å².